The fraction of sp³-hybridized carbons (Fsp3) is 0.238. The second kappa shape index (κ2) is 8.71. The van der Waals surface area contributed by atoms with Crippen molar-refractivity contribution in [1.82, 2.24) is 15.2 Å². The molecule has 4 rings (SSSR count). The van der Waals surface area contributed by atoms with Gasteiger partial charge in [-0.1, -0.05) is 35.3 Å². The summed E-state index contributed by atoms with van der Waals surface area (Å²) in [5.74, 6) is 1.36. The van der Waals surface area contributed by atoms with Crippen LogP contribution in [0.2, 0.25) is 10.0 Å². The summed E-state index contributed by atoms with van der Waals surface area (Å²) >= 11 is 18.1. The zero-order valence-corrected chi connectivity index (χ0v) is 17.7. The van der Waals surface area contributed by atoms with Crippen molar-refractivity contribution < 1.29 is 9.52 Å². The summed E-state index contributed by atoms with van der Waals surface area (Å²) in [6.07, 6.45) is 2.35. The second-order valence-electron chi connectivity index (χ2n) is 6.70. The van der Waals surface area contributed by atoms with Crippen molar-refractivity contribution in [3.05, 3.63) is 76.2 Å². The monoisotopic (exact) mass is 447 g/mol. The molecule has 8 heteroatoms. The Bertz CT molecular complexity index is 1010. The molecule has 3 aromatic rings. The molecule has 2 aromatic heterocycles. The molecule has 0 saturated carbocycles. The van der Waals surface area contributed by atoms with Crippen LogP contribution in [0.5, 0.6) is 0 Å². The Balaban J connectivity index is 1.73. The molecule has 0 aliphatic carbocycles. The average molecular weight is 448 g/mol. The van der Waals surface area contributed by atoms with Gasteiger partial charge in [-0.2, -0.15) is 0 Å². The van der Waals surface area contributed by atoms with E-state index in [1.165, 1.54) is 0 Å². The standard InChI is InChI=1S/C21H19Cl2N3O2S/c22-14-6-3-5-13(18(14)23)16-8-9-17(28-16)20-19(15-7-1-2-10-24-15)25-21(29)26(20)11-4-12-27/h1-3,5-10,19-20,27H,4,11-12H2,(H,25,29). The number of aliphatic hydroxyl groups is 1. The molecule has 1 saturated heterocycles. The molecular formula is C21H19Cl2N3O2S. The molecular weight excluding hydrogens is 429 g/mol. The maximum absolute atomic E-state index is 9.31. The number of hydrogen-bond acceptors (Lipinski definition) is 4. The van der Waals surface area contributed by atoms with Crippen LogP contribution in [0, 0.1) is 0 Å². The highest BCUT2D eigenvalue weighted by Crippen LogP contribution is 2.41. The molecule has 2 atom stereocenters. The Hall–Kier alpha value is -2.12. The van der Waals surface area contributed by atoms with Gasteiger partial charge < -0.3 is 19.7 Å². The van der Waals surface area contributed by atoms with Crippen LogP contribution in [0.4, 0.5) is 0 Å². The maximum Gasteiger partial charge on any atom is 0.170 e. The first kappa shape index (κ1) is 20.2. The summed E-state index contributed by atoms with van der Waals surface area (Å²) in [5, 5.41) is 14.2. The summed E-state index contributed by atoms with van der Waals surface area (Å²) in [4.78, 5) is 6.53. The molecule has 2 N–H and O–H groups in total. The van der Waals surface area contributed by atoms with E-state index in [1.54, 1.807) is 12.3 Å². The average Bonchev–Trinajstić information content (AvgIpc) is 3.33. The third-order valence-electron chi connectivity index (χ3n) is 4.89. The summed E-state index contributed by atoms with van der Waals surface area (Å²) < 4.78 is 6.23. The van der Waals surface area contributed by atoms with E-state index >= 15 is 0 Å². The van der Waals surface area contributed by atoms with E-state index in [4.69, 9.17) is 39.8 Å². The Kier molecular flexibility index (Phi) is 6.06. The van der Waals surface area contributed by atoms with Gasteiger partial charge in [0.25, 0.3) is 0 Å². The number of nitrogens with one attached hydrogen (secondary N) is 1. The molecule has 0 radical (unpaired) electrons. The summed E-state index contributed by atoms with van der Waals surface area (Å²) in [6.45, 7) is 0.686. The lowest BCUT2D eigenvalue weighted by Crippen LogP contribution is -2.30. The molecule has 1 aromatic carbocycles. The van der Waals surface area contributed by atoms with Gasteiger partial charge in [0.15, 0.2) is 5.11 Å². The second-order valence-corrected chi connectivity index (χ2v) is 7.87. The van der Waals surface area contributed by atoms with Crippen LogP contribution in [0.1, 0.15) is 30.0 Å². The number of nitrogens with zero attached hydrogens (tertiary/aromatic N) is 2. The van der Waals surface area contributed by atoms with Gasteiger partial charge in [0, 0.05) is 24.9 Å². The van der Waals surface area contributed by atoms with E-state index in [1.807, 2.05) is 47.4 Å². The summed E-state index contributed by atoms with van der Waals surface area (Å²) in [7, 11) is 0. The van der Waals surface area contributed by atoms with Crippen LogP contribution < -0.4 is 5.32 Å². The zero-order valence-electron chi connectivity index (χ0n) is 15.4. The van der Waals surface area contributed by atoms with Crippen molar-refractivity contribution in [2.45, 2.75) is 18.5 Å². The highest BCUT2D eigenvalue weighted by molar-refractivity contribution is 7.80. The van der Waals surface area contributed by atoms with E-state index in [9.17, 15) is 5.11 Å². The van der Waals surface area contributed by atoms with E-state index in [-0.39, 0.29) is 18.7 Å². The molecule has 1 fully saturated rings. The number of aromatic nitrogens is 1. The first-order chi connectivity index (χ1) is 14.1. The Morgan fingerprint density at radius 2 is 2.00 bits per heavy atom. The Morgan fingerprint density at radius 1 is 1.14 bits per heavy atom. The number of benzene rings is 1. The van der Waals surface area contributed by atoms with Gasteiger partial charge in [0.05, 0.1) is 21.8 Å². The van der Waals surface area contributed by atoms with Crippen LogP contribution >= 0.6 is 35.4 Å². The molecule has 3 heterocycles. The maximum atomic E-state index is 9.31. The molecule has 150 valence electrons. The summed E-state index contributed by atoms with van der Waals surface area (Å²) in [5.41, 5.74) is 1.60. The van der Waals surface area contributed by atoms with Crippen LogP contribution in [-0.4, -0.2) is 33.3 Å². The number of pyridine rings is 1. The SMILES string of the molecule is OCCCN1C(=S)NC(c2ccccn2)C1c1ccc(-c2cccc(Cl)c2Cl)o1. The number of thiocarbonyl (C=S) groups is 1. The highest BCUT2D eigenvalue weighted by atomic mass is 35.5. The van der Waals surface area contributed by atoms with Crippen LogP contribution in [-0.2, 0) is 0 Å². The van der Waals surface area contributed by atoms with Gasteiger partial charge in [0.2, 0.25) is 0 Å². The summed E-state index contributed by atoms with van der Waals surface area (Å²) in [6, 6.07) is 14.7. The third-order valence-corrected chi connectivity index (χ3v) is 6.06. The van der Waals surface area contributed by atoms with Gasteiger partial charge >= 0.3 is 0 Å². The number of furan rings is 1. The largest absolute Gasteiger partial charge is 0.459 e. The van der Waals surface area contributed by atoms with Crippen molar-refractivity contribution >= 4 is 40.5 Å². The fourth-order valence-electron chi connectivity index (χ4n) is 3.55. The Labute approximate surface area is 184 Å². The van der Waals surface area contributed by atoms with E-state index in [2.05, 4.69) is 10.3 Å². The number of hydrogen-bond donors (Lipinski definition) is 2. The smallest absolute Gasteiger partial charge is 0.170 e. The van der Waals surface area contributed by atoms with Crippen molar-refractivity contribution in [2.24, 2.45) is 0 Å². The molecule has 5 nitrogen and oxygen atoms in total. The minimum atomic E-state index is -0.198. The minimum Gasteiger partial charge on any atom is -0.459 e. The molecule has 0 spiro atoms. The lowest BCUT2D eigenvalue weighted by molar-refractivity contribution is 0.233. The van der Waals surface area contributed by atoms with E-state index in [0.717, 1.165) is 17.0 Å². The van der Waals surface area contributed by atoms with Crippen molar-refractivity contribution in [1.29, 1.82) is 0 Å². The van der Waals surface area contributed by atoms with Gasteiger partial charge in [-0.05, 0) is 55.0 Å². The van der Waals surface area contributed by atoms with Gasteiger partial charge in [0.1, 0.15) is 17.6 Å². The fourth-order valence-corrected chi connectivity index (χ4v) is 4.27. The zero-order chi connectivity index (χ0) is 20.4. The quantitative estimate of drug-likeness (QED) is 0.518. The molecule has 1 aliphatic heterocycles. The lowest BCUT2D eigenvalue weighted by atomic mass is 10.0. The van der Waals surface area contributed by atoms with Crippen LogP contribution in [0.25, 0.3) is 11.3 Å². The molecule has 0 amide bonds. The number of rotatable bonds is 6. The molecule has 1 aliphatic rings. The van der Waals surface area contributed by atoms with Gasteiger partial charge in [-0.15, -0.1) is 0 Å². The van der Waals surface area contributed by atoms with Crippen molar-refractivity contribution in [3.63, 3.8) is 0 Å². The lowest BCUT2D eigenvalue weighted by Gasteiger charge is -2.25. The van der Waals surface area contributed by atoms with E-state index in [0.29, 0.717) is 33.9 Å². The molecule has 0 bridgehead atoms. The van der Waals surface area contributed by atoms with Crippen LogP contribution in [0.15, 0.2) is 59.1 Å². The topological polar surface area (TPSA) is 61.5 Å². The Morgan fingerprint density at radius 3 is 2.76 bits per heavy atom. The van der Waals surface area contributed by atoms with Crippen LogP contribution in [0.3, 0.4) is 0 Å². The first-order valence-corrected chi connectivity index (χ1v) is 10.4. The minimum absolute atomic E-state index is 0.0849. The normalized spacial score (nSPS) is 18.9. The highest BCUT2D eigenvalue weighted by Gasteiger charge is 2.41. The van der Waals surface area contributed by atoms with Gasteiger partial charge in [-0.3, -0.25) is 4.98 Å². The third kappa shape index (κ3) is 3.98. The van der Waals surface area contributed by atoms with Crippen molar-refractivity contribution in [2.75, 3.05) is 13.2 Å². The molecule has 2 unspecified atom stereocenters. The van der Waals surface area contributed by atoms with Crippen molar-refractivity contribution in [3.8, 4) is 11.3 Å². The number of aliphatic hydroxyl groups excluding tert-OH is 1. The first-order valence-electron chi connectivity index (χ1n) is 9.23. The van der Waals surface area contributed by atoms with Gasteiger partial charge in [-0.25, -0.2) is 0 Å². The molecule has 29 heavy (non-hydrogen) atoms. The van der Waals surface area contributed by atoms with E-state index < -0.39 is 0 Å². The predicted octanol–water partition coefficient (Wildman–Crippen LogP) is 5.00. The number of halogens is 2. The predicted molar refractivity (Wildman–Crippen MR) is 118 cm³/mol.